The first-order chi connectivity index (χ1) is 5.04. The zero-order chi connectivity index (χ0) is 9.28. The van der Waals surface area contributed by atoms with Crippen LogP contribution in [0, 0.1) is 0 Å². The van der Waals surface area contributed by atoms with Crippen molar-refractivity contribution in [2.75, 3.05) is 13.2 Å². The second-order valence-corrected chi connectivity index (χ2v) is 1.92. The van der Waals surface area contributed by atoms with Crippen LogP contribution >= 0.6 is 0 Å². The monoisotopic (exact) mass is 178 g/mol. The fourth-order valence-electron chi connectivity index (χ4n) is 0.117. The van der Waals surface area contributed by atoms with Crippen LogP contribution in [0.5, 0.6) is 0 Å². The van der Waals surface area contributed by atoms with Gasteiger partial charge < -0.3 is 5.73 Å². The Kier molecular flexibility index (Phi) is 18.6. The molecule has 0 unspecified atom stereocenters. The van der Waals surface area contributed by atoms with Crippen molar-refractivity contribution in [1.82, 2.24) is 0 Å². The van der Waals surface area contributed by atoms with Gasteiger partial charge in [0, 0.05) is 0 Å². The molecule has 0 aliphatic rings. The molecule has 0 bridgehead atoms. The highest BCUT2D eigenvalue weighted by Crippen LogP contribution is 1.62. The minimum atomic E-state index is -0.0579. The molecule has 0 aliphatic carbocycles. The molecule has 5 heteroatoms. The molecule has 0 aromatic rings. The molecule has 74 valence electrons. The van der Waals surface area contributed by atoms with E-state index in [4.69, 9.17) is 5.73 Å². The number of rotatable bonds is 3. The molecular formula is C7H18N2O3. The Labute approximate surface area is 73.0 Å². The lowest BCUT2D eigenvalue weighted by molar-refractivity contribution is -0.121. The van der Waals surface area contributed by atoms with Crippen LogP contribution in [-0.4, -0.2) is 24.7 Å². The van der Waals surface area contributed by atoms with Gasteiger partial charge in [-0.25, -0.2) is 5.90 Å². The zero-order valence-corrected chi connectivity index (χ0v) is 6.79. The van der Waals surface area contributed by atoms with E-state index in [1.807, 2.05) is 0 Å². The molecule has 0 fully saturated rings. The molecule has 0 rings (SSSR count). The Balaban J connectivity index is -0.000000126. The molecule has 0 radical (unpaired) electrons. The van der Waals surface area contributed by atoms with Crippen molar-refractivity contribution in [3.8, 4) is 0 Å². The van der Waals surface area contributed by atoms with Crippen molar-refractivity contribution >= 4 is 11.6 Å². The maximum Gasteiger partial charge on any atom is 0.157 e. The standard InChI is InChI=1S/C3H7NO2.C3H7NO.CH4/c1-3(5)2-6-4;1-3(5)2-4;/h2,4H2,1H3;2,4H2,1H3;1H4. The lowest BCUT2D eigenvalue weighted by atomic mass is 10.5. The van der Waals surface area contributed by atoms with Gasteiger partial charge in [0.1, 0.15) is 12.4 Å². The van der Waals surface area contributed by atoms with Gasteiger partial charge in [0.2, 0.25) is 0 Å². The first-order valence-electron chi connectivity index (χ1n) is 3.05. The molecule has 0 spiro atoms. The van der Waals surface area contributed by atoms with Crippen molar-refractivity contribution in [3.63, 3.8) is 0 Å². The summed E-state index contributed by atoms with van der Waals surface area (Å²) in [7, 11) is 0. The maximum atomic E-state index is 9.84. The van der Waals surface area contributed by atoms with Crippen molar-refractivity contribution in [2.45, 2.75) is 21.3 Å². The normalized spacial score (nSPS) is 7.33. The number of carbonyl (C=O) groups is 2. The number of Topliss-reactive ketones (excluding diaryl/α,β-unsaturated/α-hetero) is 2. The van der Waals surface area contributed by atoms with E-state index in [0.717, 1.165) is 0 Å². The van der Waals surface area contributed by atoms with E-state index in [1.54, 1.807) is 0 Å². The van der Waals surface area contributed by atoms with Crippen LogP contribution in [-0.2, 0) is 14.4 Å². The van der Waals surface area contributed by atoms with E-state index in [1.165, 1.54) is 13.8 Å². The minimum Gasteiger partial charge on any atom is -0.324 e. The summed E-state index contributed by atoms with van der Waals surface area (Å²) in [6, 6.07) is 0. The second kappa shape index (κ2) is 12.9. The van der Waals surface area contributed by atoms with Gasteiger partial charge in [-0.15, -0.1) is 0 Å². The average Bonchev–Trinajstić information content (AvgIpc) is 1.89. The Morgan fingerprint density at radius 1 is 1.25 bits per heavy atom. The SMILES string of the molecule is C.CC(=O)CN.CC(=O)CON. The van der Waals surface area contributed by atoms with E-state index >= 15 is 0 Å². The fourth-order valence-corrected chi connectivity index (χ4v) is 0.117. The number of hydrogen-bond acceptors (Lipinski definition) is 5. The summed E-state index contributed by atoms with van der Waals surface area (Å²) in [5.41, 5.74) is 4.82. The molecular weight excluding hydrogens is 160 g/mol. The highest BCUT2D eigenvalue weighted by atomic mass is 16.6. The molecule has 0 aromatic heterocycles. The van der Waals surface area contributed by atoms with Crippen LogP contribution in [0.3, 0.4) is 0 Å². The highest BCUT2D eigenvalue weighted by molar-refractivity contribution is 5.77. The molecule has 0 heterocycles. The first-order valence-corrected chi connectivity index (χ1v) is 3.05. The van der Waals surface area contributed by atoms with Crippen LogP contribution in [0.4, 0.5) is 0 Å². The Hall–Kier alpha value is -0.780. The molecule has 0 amide bonds. The second-order valence-electron chi connectivity index (χ2n) is 1.92. The lowest BCUT2D eigenvalue weighted by Gasteiger charge is -1.84. The maximum absolute atomic E-state index is 9.84. The topological polar surface area (TPSA) is 95.4 Å². The lowest BCUT2D eigenvalue weighted by Crippen LogP contribution is -2.07. The third kappa shape index (κ3) is 35.0. The average molecular weight is 178 g/mol. The third-order valence-electron chi connectivity index (χ3n) is 0.574. The number of ketones is 2. The van der Waals surface area contributed by atoms with Gasteiger partial charge in [-0.05, 0) is 13.8 Å². The van der Waals surface area contributed by atoms with E-state index in [9.17, 15) is 9.59 Å². The molecule has 5 nitrogen and oxygen atoms in total. The zero-order valence-electron chi connectivity index (χ0n) is 6.79. The van der Waals surface area contributed by atoms with E-state index < -0.39 is 0 Å². The van der Waals surface area contributed by atoms with Crippen LogP contribution in [0.25, 0.3) is 0 Å². The van der Waals surface area contributed by atoms with E-state index in [2.05, 4.69) is 10.7 Å². The fraction of sp³-hybridized carbons (Fsp3) is 0.714. The van der Waals surface area contributed by atoms with Gasteiger partial charge in [0.05, 0.1) is 6.54 Å². The summed E-state index contributed by atoms with van der Waals surface area (Å²) in [4.78, 5) is 23.5. The van der Waals surface area contributed by atoms with E-state index in [-0.39, 0.29) is 32.1 Å². The predicted octanol–water partition coefficient (Wildman–Crippen LogP) is -0.364. The van der Waals surface area contributed by atoms with Gasteiger partial charge in [-0.2, -0.15) is 0 Å². The largest absolute Gasteiger partial charge is 0.324 e. The molecule has 4 N–H and O–H groups in total. The Morgan fingerprint density at radius 2 is 1.58 bits per heavy atom. The molecule has 0 aromatic carbocycles. The molecule has 0 saturated heterocycles. The van der Waals surface area contributed by atoms with Gasteiger partial charge in [0.15, 0.2) is 5.78 Å². The van der Waals surface area contributed by atoms with Crippen molar-refractivity contribution in [1.29, 1.82) is 0 Å². The summed E-state index contributed by atoms with van der Waals surface area (Å²) in [5, 5.41) is 0. The predicted molar refractivity (Wildman–Crippen MR) is 47.3 cm³/mol. The third-order valence-corrected chi connectivity index (χ3v) is 0.574. The van der Waals surface area contributed by atoms with Gasteiger partial charge in [0.25, 0.3) is 0 Å². The summed E-state index contributed by atoms with van der Waals surface area (Å²) in [6.07, 6.45) is 0. The minimum absolute atomic E-state index is 0. The van der Waals surface area contributed by atoms with Crippen molar-refractivity contribution < 1.29 is 14.4 Å². The molecule has 0 aliphatic heterocycles. The quantitative estimate of drug-likeness (QED) is 0.575. The molecule has 0 atom stereocenters. The van der Waals surface area contributed by atoms with Crippen molar-refractivity contribution in [3.05, 3.63) is 0 Å². The highest BCUT2D eigenvalue weighted by Gasteiger charge is 1.84. The van der Waals surface area contributed by atoms with Gasteiger partial charge >= 0.3 is 0 Å². The first kappa shape index (κ1) is 17.3. The van der Waals surface area contributed by atoms with Crippen LogP contribution in [0.1, 0.15) is 21.3 Å². The van der Waals surface area contributed by atoms with Crippen LogP contribution < -0.4 is 11.6 Å². The number of carbonyl (C=O) groups excluding carboxylic acids is 2. The van der Waals surface area contributed by atoms with Gasteiger partial charge in [-0.3, -0.25) is 14.4 Å². The summed E-state index contributed by atoms with van der Waals surface area (Å²) in [5.74, 6) is 4.48. The summed E-state index contributed by atoms with van der Waals surface area (Å²) >= 11 is 0. The van der Waals surface area contributed by atoms with Gasteiger partial charge in [-0.1, -0.05) is 7.43 Å². The molecule has 0 saturated carbocycles. The summed E-state index contributed by atoms with van der Waals surface area (Å²) < 4.78 is 0. The van der Waals surface area contributed by atoms with Crippen molar-refractivity contribution in [2.24, 2.45) is 11.6 Å². The molecule has 12 heavy (non-hydrogen) atoms. The Morgan fingerprint density at radius 3 is 1.58 bits per heavy atom. The summed E-state index contributed by atoms with van der Waals surface area (Å²) in [6.45, 7) is 3.05. The van der Waals surface area contributed by atoms with Crippen LogP contribution in [0.15, 0.2) is 0 Å². The van der Waals surface area contributed by atoms with Crippen LogP contribution in [0.2, 0.25) is 0 Å². The number of nitrogens with two attached hydrogens (primary N) is 2. The van der Waals surface area contributed by atoms with E-state index in [0.29, 0.717) is 0 Å². The Bertz CT molecular complexity index is 126. The smallest absolute Gasteiger partial charge is 0.157 e. The number of hydrogen-bond donors (Lipinski definition) is 2.